The van der Waals surface area contributed by atoms with E-state index in [4.69, 9.17) is 5.73 Å². The Hall–Kier alpha value is -2.75. The summed E-state index contributed by atoms with van der Waals surface area (Å²) in [4.78, 5) is 13.1. The van der Waals surface area contributed by atoms with Crippen molar-refractivity contribution in [1.82, 2.24) is 4.98 Å². The maximum atomic E-state index is 13.6. The van der Waals surface area contributed by atoms with E-state index in [1.807, 2.05) is 4.72 Å². The fourth-order valence-corrected chi connectivity index (χ4v) is 2.65. The molecule has 0 fully saturated rings. The predicted octanol–water partition coefficient (Wildman–Crippen LogP) is 1.51. The number of hydrogen-bond donors (Lipinski definition) is 2. The van der Waals surface area contributed by atoms with Gasteiger partial charge in [-0.15, -0.1) is 0 Å². The Morgan fingerprint density at radius 2 is 2.05 bits per heavy atom. The van der Waals surface area contributed by atoms with Gasteiger partial charge in [0.15, 0.2) is 0 Å². The monoisotopic (exact) mass is 312 g/mol. The molecule has 1 heterocycles. The molecule has 0 unspecified atom stereocenters. The lowest BCUT2D eigenvalue weighted by Crippen LogP contribution is -2.16. The molecule has 1 aromatic heterocycles. The van der Waals surface area contributed by atoms with Crippen LogP contribution in [0.15, 0.2) is 41.6 Å². The number of nitrogen functional groups attached to an aromatic ring is 1. The standard InChI is InChI=1S/C11H9FN4O4S/c12-8-2-1-7(16(17)18)5-10(8)15-21(19,20)11-6-14-4-3-9(11)13/h1-6,15H,(H2,13,14). The van der Waals surface area contributed by atoms with Gasteiger partial charge in [0.05, 0.1) is 16.3 Å². The molecule has 0 amide bonds. The van der Waals surface area contributed by atoms with E-state index in [2.05, 4.69) is 4.98 Å². The van der Waals surface area contributed by atoms with Crippen LogP contribution in [0, 0.1) is 15.9 Å². The SMILES string of the molecule is Nc1ccncc1S(=O)(=O)Nc1cc([N+](=O)[O-])ccc1F. The molecule has 0 saturated carbocycles. The second-order valence-electron chi connectivity index (χ2n) is 3.94. The molecule has 2 rings (SSSR count). The maximum absolute atomic E-state index is 13.6. The molecule has 3 N–H and O–H groups in total. The molecule has 10 heteroatoms. The first-order valence-corrected chi connectivity index (χ1v) is 6.96. The molecule has 0 atom stereocenters. The molecule has 0 radical (unpaired) electrons. The minimum absolute atomic E-state index is 0.0802. The van der Waals surface area contributed by atoms with E-state index in [-0.39, 0.29) is 10.6 Å². The number of anilines is 2. The normalized spacial score (nSPS) is 11.1. The number of non-ortho nitro benzene ring substituents is 1. The first-order chi connectivity index (χ1) is 9.81. The van der Waals surface area contributed by atoms with E-state index in [1.54, 1.807) is 0 Å². The number of nitrogens with two attached hydrogens (primary N) is 1. The van der Waals surface area contributed by atoms with E-state index >= 15 is 0 Å². The van der Waals surface area contributed by atoms with Crippen LogP contribution in [0.3, 0.4) is 0 Å². The number of nitrogens with zero attached hydrogens (tertiary/aromatic N) is 2. The van der Waals surface area contributed by atoms with Gasteiger partial charge in [-0.2, -0.15) is 0 Å². The molecule has 2 aromatic rings. The van der Waals surface area contributed by atoms with Crippen molar-refractivity contribution in [1.29, 1.82) is 0 Å². The molecule has 0 bridgehead atoms. The summed E-state index contributed by atoms with van der Waals surface area (Å²) in [5.74, 6) is -0.952. The fraction of sp³-hybridized carbons (Fsp3) is 0. The van der Waals surface area contributed by atoms with Crippen molar-refractivity contribution in [2.75, 3.05) is 10.5 Å². The van der Waals surface area contributed by atoms with Crippen LogP contribution in [0.5, 0.6) is 0 Å². The predicted molar refractivity (Wildman–Crippen MR) is 72.5 cm³/mol. The van der Waals surface area contributed by atoms with Crippen LogP contribution in [0.4, 0.5) is 21.5 Å². The highest BCUT2D eigenvalue weighted by Crippen LogP contribution is 2.25. The lowest BCUT2D eigenvalue weighted by molar-refractivity contribution is -0.384. The van der Waals surface area contributed by atoms with Gasteiger partial charge in [0, 0.05) is 24.5 Å². The number of halogens is 1. The average molecular weight is 312 g/mol. The smallest absolute Gasteiger partial charge is 0.271 e. The van der Waals surface area contributed by atoms with Gasteiger partial charge in [-0.25, -0.2) is 12.8 Å². The van der Waals surface area contributed by atoms with E-state index in [0.717, 1.165) is 24.4 Å². The summed E-state index contributed by atoms with van der Waals surface area (Å²) in [6, 6.07) is 3.76. The molecule has 0 aliphatic heterocycles. The number of pyridine rings is 1. The molecular weight excluding hydrogens is 303 g/mol. The highest BCUT2D eigenvalue weighted by molar-refractivity contribution is 7.92. The van der Waals surface area contributed by atoms with Crippen molar-refractivity contribution >= 4 is 27.1 Å². The summed E-state index contributed by atoms with van der Waals surface area (Å²) in [7, 11) is -4.21. The molecule has 21 heavy (non-hydrogen) atoms. The van der Waals surface area contributed by atoms with Crippen molar-refractivity contribution < 1.29 is 17.7 Å². The van der Waals surface area contributed by atoms with Gasteiger partial charge in [0.25, 0.3) is 15.7 Å². The maximum Gasteiger partial charge on any atom is 0.271 e. The van der Waals surface area contributed by atoms with Gasteiger partial charge in [0.1, 0.15) is 10.7 Å². The lowest BCUT2D eigenvalue weighted by Gasteiger charge is -2.10. The summed E-state index contributed by atoms with van der Waals surface area (Å²) in [5, 5.41) is 10.6. The lowest BCUT2D eigenvalue weighted by atomic mass is 10.3. The summed E-state index contributed by atoms with van der Waals surface area (Å²) >= 11 is 0. The Bertz CT molecular complexity index is 810. The van der Waals surface area contributed by atoms with Crippen molar-refractivity contribution in [3.8, 4) is 0 Å². The average Bonchev–Trinajstić information content (AvgIpc) is 2.41. The Balaban J connectivity index is 2.44. The molecule has 0 spiro atoms. The zero-order valence-electron chi connectivity index (χ0n) is 10.4. The molecule has 0 saturated heterocycles. The van der Waals surface area contributed by atoms with Crippen LogP contribution in [0.1, 0.15) is 0 Å². The number of nitro groups is 1. The number of hydrogen-bond acceptors (Lipinski definition) is 6. The summed E-state index contributed by atoms with van der Waals surface area (Å²) < 4.78 is 39.7. The van der Waals surface area contributed by atoms with E-state index < -0.39 is 32.1 Å². The molecule has 8 nitrogen and oxygen atoms in total. The quantitative estimate of drug-likeness (QED) is 0.650. The number of aromatic nitrogens is 1. The van der Waals surface area contributed by atoms with Gasteiger partial charge >= 0.3 is 0 Å². The van der Waals surface area contributed by atoms with Crippen LogP contribution in [0.25, 0.3) is 0 Å². The van der Waals surface area contributed by atoms with Crippen molar-refractivity contribution in [2.24, 2.45) is 0 Å². The van der Waals surface area contributed by atoms with Crippen molar-refractivity contribution in [2.45, 2.75) is 4.90 Å². The Labute approximate surface area is 118 Å². The number of sulfonamides is 1. The summed E-state index contributed by atoms with van der Waals surface area (Å²) in [6.45, 7) is 0. The third-order valence-electron chi connectivity index (χ3n) is 2.51. The Kier molecular flexibility index (Phi) is 3.72. The Morgan fingerprint density at radius 1 is 1.33 bits per heavy atom. The van der Waals surface area contributed by atoms with E-state index in [0.29, 0.717) is 0 Å². The first kappa shape index (κ1) is 14.7. The second kappa shape index (κ2) is 5.32. The number of nitrogens with one attached hydrogen (secondary N) is 1. The van der Waals surface area contributed by atoms with Gasteiger partial charge in [-0.05, 0) is 12.1 Å². The van der Waals surface area contributed by atoms with E-state index in [9.17, 15) is 22.9 Å². The molecule has 0 aliphatic rings. The third-order valence-corrected chi connectivity index (χ3v) is 3.92. The van der Waals surface area contributed by atoms with Crippen LogP contribution < -0.4 is 10.5 Å². The number of rotatable bonds is 4. The van der Waals surface area contributed by atoms with Crippen molar-refractivity contribution in [3.05, 3.63) is 52.6 Å². The zero-order chi connectivity index (χ0) is 15.6. The highest BCUT2D eigenvalue weighted by atomic mass is 32.2. The fourth-order valence-electron chi connectivity index (χ4n) is 1.52. The third kappa shape index (κ3) is 3.05. The zero-order valence-corrected chi connectivity index (χ0v) is 11.2. The first-order valence-electron chi connectivity index (χ1n) is 5.47. The minimum Gasteiger partial charge on any atom is -0.398 e. The van der Waals surface area contributed by atoms with E-state index in [1.165, 1.54) is 12.3 Å². The van der Waals surface area contributed by atoms with Gasteiger partial charge < -0.3 is 5.73 Å². The highest BCUT2D eigenvalue weighted by Gasteiger charge is 2.21. The molecule has 1 aromatic carbocycles. The minimum atomic E-state index is -4.21. The van der Waals surface area contributed by atoms with Crippen LogP contribution in [0.2, 0.25) is 0 Å². The van der Waals surface area contributed by atoms with Gasteiger partial charge in [-0.3, -0.25) is 19.8 Å². The number of benzene rings is 1. The van der Waals surface area contributed by atoms with Crippen molar-refractivity contribution in [3.63, 3.8) is 0 Å². The molecule has 0 aliphatic carbocycles. The summed E-state index contributed by atoms with van der Waals surface area (Å²) in [6.07, 6.45) is 2.29. The topological polar surface area (TPSA) is 128 Å². The molecular formula is C11H9FN4O4S. The number of nitro benzene ring substituents is 1. The largest absolute Gasteiger partial charge is 0.398 e. The Morgan fingerprint density at radius 3 is 2.67 bits per heavy atom. The van der Waals surface area contributed by atoms with Crippen LogP contribution in [-0.4, -0.2) is 18.3 Å². The van der Waals surface area contributed by atoms with Gasteiger partial charge in [-0.1, -0.05) is 0 Å². The summed E-state index contributed by atoms with van der Waals surface area (Å²) in [5.41, 5.74) is 4.44. The van der Waals surface area contributed by atoms with Crippen LogP contribution >= 0.6 is 0 Å². The second-order valence-corrected chi connectivity index (χ2v) is 5.59. The van der Waals surface area contributed by atoms with Crippen LogP contribution in [-0.2, 0) is 10.0 Å². The van der Waals surface area contributed by atoms with Gasteiger partial charge in [0.2, 0.25) is 0 Å². The molecule has 110 valence electrons.